The molecule has 0 aliphatic heterocycles. The first-order chi connectivity index (χ1) is 29.6. The summed E-state index contributed by atoms with van der Waals surface area (Å²) in [5, 5.41) is 4.80. The molecule has 4 fully saturated rings. The molecule has 288 valence electrons. The van der Waals surface area contributed by atoms with Gasteiger partial charge >= 0.3 is 0 Å². The molecule has 5 nitrogen and oxygen atoms in total. The molecule has 7 aromatic carbocycles. The topological polar surface area (TPSA) is 48.5 Å². The van der Waals surface area contributed by atoms with Gasteiger partial charge in [-0.15, -0.1) is 0 Å². The van der Waals surface area contributed by atoms with E-state index < -0.39 is 0 Å². The Bertz CT molecular complexity index is 3250. The van der Waals surface area contributed by atoms with Crippen LogP contribution < -0.4 is 0 Å². The molecule has 5 heteroatoms. The summed E-state index contributed by atoms with van der Waals surface area (Å²) < 4.78 is 4.71. The molecule has 0 amide bonds. The van der Waals surface area contributed by atoms with Crippen molar-refractivity contribution in [2.45, 2.75) is 43.9 Å². The van der Waals surface area contributed by atoms with E-state index in [2.05, 4.69) is 179 Å². The van der Waals surface area contributed by atoms with Gasteiger partial charge in [0.2, 0.25) is 0 Å². The van der Waals surface area contributed by atoms with E-state index in [-0.39, 0.29) is 0 Å². The average molecular weight is 774 g/mol. The Labute approximate surface area is 349 Å². The molecule has 0 spiro atoms. The summed E-state index contributed by atoms with van der Waals surface area (Å²) >= 11 is 0. The molecule has 4 bridgehead atoms. The molecule has 10 aromatic rings. The lowest BCUT2D eigenvalue weighted by Gasteiger charge is -2.57. The molecule has 0 radical (unpaired) electrons. The second kappa shape index (κ2) is 13.1. The highest BCUT2D eigenvalue weighted by molar-refractivity contribution is 6.11. The van der Waals surface area contributed by atoms with Crippen LogP contribution in [-0.2, 0) is 5.41 Å². The lowest BCUT2D eigenvalue weighted by Crippen LogP contribution is -2.48. The first kappa shape index (κ1) is 34.1. The number of aromatic nitrogens is 5. The highest BCUT2D eigenvalue weighted by atomic mass is 15.0. The van der Waals surface area contributed by atoms with Crippen LogP contribution in [0.3, 0.4) is 0 Å². The third kappa shape index (κ3) is 5.28. The summed E-state index contributed by atoms with van der Waals surface area (Å²) in [7, 11) is 0. The summed E-state index contributed by atoms with van der Waals surface area (Å²) in [5.41, 5.74) is 11.7. The van der Waals surface area contributed by atoms with Crippen molar-refractivity contribution in [2.24, 2.45) is 17.8 Å². The highest BCUT2D eigenvalue weighted by Gasteiger charge is 2.51. The first-order valence-corrected chi connectivity index (χ1v) is 21.7. The third-order valence-corrected chi connectivity index (χ3v) is 14.3. The van der Waals surface area contributed by atoms with Crippen LogP contribution in [0.25, 0.3) is 89.2 Å². The average Bonchev–Trinajstić information content (AvgIpc) is 3.81. The molecule has 4 aliphatic rings. The Hall–Kier alpha value is -6.85. The Balaban J connectivity index is 0.989. The van der Waals surface area contributed by atoms with Gasteiger partial charge in [0, 0.05) is 49.6 Å². The number of hydrogen-bond donors (Lipinski definition) is 0. The van der Waals surface area contributed by atoms with Gasteiger partial charge in [-0.25, -0.2) is 15.0 Å². The molecule has 3 aromatic heterocycles. The zero-order chi connectivity index (χ0) is 39.4. The summed E-state index contributed by atoms with van der Waals surface area (Å²) in [6, 6.07) is 61.3. The van der Waals surface area contributed by atoms with Crippen LogP contribution in [0.4, 0.5) is 0 Å². The van der Waals surface area contributed by atoms with Gasteiger partial charge in [-0.2, -0.15) is 0 Å². The zero-order valence-electron chi connectivity index (χ0n) is 33.4. The van der Waals surface area contributed by atoms with Gasteiger partial charge < -0.3 is 9.13 Å². The van der Waals surface area contributed by atoms with E-state index in [4.69, 9.17) is 15.0 Å². The monoisotopic (exact) mass is 773 g/mol. The quantitative estimate of drug-likeness (QED) is 0.169. The number of nitrogens with zero attached hydrogens (tertiary/aromatic N) is 5. The fourth-order valence-electron chi connectivity index (χ4n) is 12.1. The Morgan fingerprint density at radius 2 is 0.800 bits per heavy atom. The lowest BCUT2D eigenvalue weighted by atomic mass is 9.48. The van der Waals surface area contributed by atoms with Gasteiger partial charge in [0.15, 0.2) is 17.5 Å². The third-order valence-electron chi connectivity index (χ3n) is 14.3. The van der Waals surface area contributed by atoms with E-state index in [0.717, 1.165) is 56.9 Å². The van der Waals surface area contributed by atoms with Crippen molar-refractivity contribution in [3.63, 3.8) is 0 Å². The summed E-state index contributed by atoms with van der Waals surface area (Å²) in [4.78, 5) is 15.9. The standard InChI is InChI=1S/C55H43N5/c1-3-11-42(12-4-1)59-49-18-10-8-16-45(49)47-30-39(22-26-50(47)59)53-56-52(38-19-23-41(24-20-38)55-32-35-27-36(33-55)29-37(28-35)34-55)57-54(58-53)40-21-25-46-44-15-7-9-17-48(44)60(51(46)31-40)43-13-5-2-6-14-43/h1-26,30-31,35-37H,27-29,32-34H2. The SMILES string of the molecule is c1ccc(-n2c3ccccc3c3cc(-c4nc(-c5ccc(C67CC8CC(CC(C8)C6)C7)cc5)nc(-c5ccc6c7ccccc7n(-c7ccccc7)c6c5)n4)ccc32)cc1. The minimum absolute atomic E-state index is 0.337. The van der Waals surface area contributed by atoms with Gasteiger partial charge in [-0.05, 0) is 128 Å². The smallest absolute Gasteiger partial charge is 0.164 e. The van der Waals surface area contributed by atoms with Crippen molar-refractivity contribution in [3.05, 3.63) is 175 Å². The van der Waals surface area contributed by atoms with Gasteiger partial charge in [-0.3, -0.25) is 0 Å². The van der Waals surface area contributed by atoms with Crippen molar-refractivity contribution in [1.29, 1.82) is 0 Å². The normalized spacial score (nSPS) is 20.8. The maximum atomic E-state index is 5.32. The predicted octanol–water partition coefficient (Wildman–Crippen LogP) is 13.5. The van der Waals surface area contributed by atoms with Crippen LogP contribution >= 0.6 is 0 Å². The molecule has 60 heavy (non-hydrogen) atoms. The fraction of sp³-hybridized carbons (Fsp3) is 0.182. The van der Waals surface area contributed by atoms with Gasteiger partial charge in [0.1, 0.15) is 0 Å². The van der Waals surface area contributed by atoms with Crippen LogP contribution in [0, 0.1) is 17.8 Å². The maximum absolute atomic E-state index is 5.32. The van der Waals surface area contributed by atoms with Crippen LogP contribution in [-0.4, -0.2) is 24.1 Å². The van der Waals surface area contributed by atoms with Crippen LogP contribution in [0.5, 0.6) is 0 Å². The first-order valence-electron chi connectivity index (χ1n) is 21.7. The number of fused-ring (bicyclic) bond motifs is 6. The van der Waals surface area contributed by atoms with Crippen molar-refractivity contribution < 1.29 is 0 Å². The highest BCUT2D eigenvalue weighted by Crippen LogP contribution is 2.60. The molecule has 0 saturated heterocycles. The van der Waals surface area contributed by atoms with E-state index in [1.54, 1.807) is 0 Å². The van der Waals surface area contributed by atoms with Crippen LogP contribution in [0.15, 0.2) is 170 Å². The van der Waals surface area contributed by atoms with Crippen LogP contribution in [0.1, 0.15) is 44.1 Å². The van der Waals surface area contributed by atoms with Crippen molar-refractivity contribution in [3.8, 4) is 45.5 Å². The Morgan fingerprint density at radius 3 is 1.40 bits per heavy atom. The van der Waals surface area contributed by atoms with E-state index >= 15 is 0 Å². The minimum Gasteiger partial charge on any atom is -0.309 e. The van der Waals surface area contributed by atoms with E-state index in [1.807, 2.05) is 0 Å². The Kier molecular flexibility index (Phi) is 7.42. The summed E-state index contributed by atoms with van der Waals surface area (Å²) in [6.07, 6.45) is 8.40. The second-order valence-corrected chi connectivity index (χ2v) is 17.9. The van der Waals surface area contributed by atoms with E-state index in [9.17, 15) is 0 Å². The van der Waals surface area contributed by atoms with Crippen molar-refractivity contribution >= 4 is 43.6 Å². The van der Waals surface area contributed by atoms with Crippen molar-refractivity contribution in [1.82, 2.24) is 24.1 Å². The molecule has 4 saturated carbocycles. The summed E-state index contributed by atoms with van der Waals surface area (Å²) in [5.74, 6) is 4.74. The second-order valence-electron chi connectivity index (χ2n) is 17.9. The Morgan fingerprint density at radius 1 is 0.367 bits per heavy atom. The molecule has 0 N–H and O–H groups in total. The fourth-order valence-corrected chi connectivity index (χ4v) is 12.1. The van der Waals surface area contributed by atoms with Crippen LogP contribution in [0.2, 0.25) is 0 Å². The molecular formula is C55H43N5. The molecule has 3 heterocycles. The molecule has 0 atom stereocenters. The maximum Gasteiger partial charge on any atom is 0.164 e. The van der Waals surface area contributed by atoms with Gasteiger partial charge in [-0.1, -0.05) is 109 Å². The number of hydrogen-bond acceptors (Lipinski definition) is 3. The number of benzene rings is 7. The molecule has 14 rings (SSSR count). The van der Waals surface area contributed by atoms with Gasteiger partial charge in [0.05, 0.1) is 22.1 Å². The molecule has 4 aliphatic carbocycles. The number of rotatable bonds is 6. The summed E-state index contributed by atoms with van der Waals surface area (Å²) in [6.45, 7) is 0. The number of para-hydroxylation sites is 4. The minimum atomic E-state index is 0.337. The van der Waals surface area contributed by atoms with E-state index in [1.165, 1.54) is 76.7 Å². The van der Waals surface area contributed by atoms with Crippen molar-refractivity contribution in [2.75, 3.05) is 0 Å². The van der Waals surface area contributed by atoms with Gasteiger partial charge in [0.25, 0.3) is 0 Å². The zero-order valence-corrected chi connectivity index (χ0v) is 33.4. The molecular weight excluding hydrogens is 731 g/mol. The molecule has 0 unspecified atom stereocenters. The largest absolute Gasteiger partial charge is 0.309 e. The lowest BCUT2D eigenvalue weighted by molar-refractivity contribution is -0.00518. The predicted molar refractivity (Wildman–Crippen MR) is 245 cm³/mol. The van der Waals surface area contributed by atoms with E-state index in [0.29, 0.717) is 22.9 Å².